The van der Waals surface area contributed by atoms with Crippen molar-refractivity contribution in [3.8, 4) is 11.4 Å². The van der Waals surface area contributed by atoms with Gasteiger partial charge in [0.2, 0.25) is 0 Å². The number of H-pyrrole nitrogens is 1. The molecular weight excluding hydrogens is 272 g/mol. The van der Waals surface area contributed by atoms with E-state index in [0.29, 0.717) is 16.9 Å². The van der Waals surface area contributed by atoms with Gasteiger partial charge in [-0.15, -0.1) is 0 Å². The third-order valence-corrected chi connectivity index (χ3v) is 3.87. The molecule has 21 heavy (non-hydrogen) atoms. The third-order valence-electron chi connectivity index (χ3n) is 3.87. The molecule has 0 unspecified atom stereocenters. The molecule has 1 aromatic heterocycles. The van der Waals surface area contributed by atoms with E-state index >= 15 is 0 Å². The lowest BCUT2D eigenvalue weighted by molar-refractivity contribution is 0.510. The summed E-state index contributed by atoms with van der Waals surface area (Å²) in [6, 6.07) is 8.25. The van der Waals surface area contributed by atoms with E-state index < -0.39 is 11.6 Å². The van der Waals surface area contributed by atoms with Crippen LogP contribution in [-0.2, 0) is 6.42 Å². The van der Waals surface area contributed by atoms with Crippen LogP contribution in [0.2, 0.25) is 0 Å². The van der Waals surface area contributed by atoms with Gasteiger partial charge in [-0.2, -0.15) is 0 Å². The van der Waals surface area contributed by atoms with Crippen LogP contribution in [0.3, 0.4) is 0 Å². The molecule has 0 saturated heterocycles. The van der Waals surface area contributed by atoms with Gasteiger partial charge >= 0.3 is 0 Å². The Labute approximate surface area is 120 Å². The van der Waals surface area contributed by atoms with Crippen molar-refractivity contribution in [1.29, 1.82) is 0 Å². The van der Waals surface area contributed by atoms with Crippen molar-refractivity contribution in [3.05, 3.63) is 47.5 Å². The number of fused-ring (bicyclic) bond motifs is 2. The van der Waals surface area contributed by atoms with Gasteiger partial charge in [0.15, 0.2) is 11.6 Å². The summed E-state index contributed by atoms with van der Waals surface area (Å²) >= 11 is 0. The lowest BCUT2D eigenvalue weighted by Crippen LogP contribution is -2.12. The zero-order valence-electron chi connectivity index (χ0n) is 11.2. The van der Waals surface area contributed by atoms with Crippen LogP contribution in [0.4, 0.5) is 14.5 Å². The van der Waals surface area contributed by atoms with E-state index in [1.54, 1.807) is 0 Å². The minimum atomic E-state index is -0.877. The number of aromatic nitrogens is 2. The molecule has 3 nitrogen and oxygen atoms in total. The predicted molar refractivity (Wildman–Crippen MR) is 78.3 cm³/mol. The zero-order chi connectivity index (χ0) is 14.4. The molecule has 0 bridgehead atoms. The molecule has 2 N–H and O–H groups in total. The van der Waals surface area contributed by atoms with E-state index in [9.17, 15) is 8.78 Å². The summed E-state index contributed by atoms with van der Waals surface area (Å²) in [5, 5.41) is 3.36. The number of benzene rings is 2. The molecule has 2 aromatic carbocycles. The van der Waals surface area contributed by atoms with Crippen molar-refractivity contribution >= 4 is 16.7 Å². The molecule has 0 aliphatic carbocycles. The molecule has 1 aliphatic heterocycles. The van der Waals surface area contributed by atoms with Crippen molar-refractivity contribution < 1.29 is 8.78 Å². The first kappa shape index (κ1) is 12.3. The van der Waals surface area contributed by atoms with Crippen LogP contribution >= 0.6 is 0 Å². The number of hydrogen-bond donors (Lipinski definition) is 2. The first-order valence-electron chi connectivity index (χ1n) is 6.93. The Hall–Kier alpha value is -2.43. The van der Waals surface area contributed by atoms with Crippen molar-refractivity contribution in [1.82, 2.24) is 9.97 Å². The van der Waals surface area contributed by atoms with Crippen LogP contribution in [-0.4, -0.2) is 16.5 Å². The third kappa shape index (κ3) is 1.96. The highest BCUT2D eigenvalue weighted by Crippen LogP contribution is 2.32. The van der Waals surface area contributed by atoms with Gasteiger partial charge in [-0.1, -0.05) is 12.1 Å². The number of rotatable bonds is 1. The monoisotopic (exact) mass is 285 g/mol. The normalized spacial score (nSPS) is 14.0. The maximum atomic E-state index is 13.3. The average molecular weight is 285 g/mol. The maximum absolute atomic E-state index is 13.3. The highest BCUT2D eigenvalue weighted by Gasteiger charge is 2.16. The van der Waals surface area contributed by atoms with Gasteiger partial charge in [-0.05, 0) is 24.5 Å². The van der Waals surface area contributed by atoms with Gasteiger partial charge in [0.1, 0.15) is 5.82 Å². The number of nitrogens with one attached hydrogen (secondary N) is 2. The van der Waals surface area contributed by atoms with Crippen LogP contribution in [0, 0.1) is 11.6 Å². The average Bonchev–Trinajstić information content (AvgIpc) is 2.90. The van der Waals surface area contributed by atoms with Crippen LogP contribution in [0.25, 0.3) is 22.4 Å². The second kappa shape index (κ2) is 4.55. The summed E-state index contributed by atoms with van der Waals surface area (Å²) in [5.41, 5.74) is 4.23. The Morgan fingerprint density at radius 1 is 1.10 bits per heavy atom. The van der Waals surface area contributed by atoms with E-state index in [4.69, 9.17) is 0 Å². The first-order chi connectivity index (χ1) is 10.2. The van der Waals surface area contributed by atoms with Gasteiger partial charge in [0, 0.05) is 29.9 Å². The van der Waals surface area contributed by atoms with Gasteiger partial charge in [-0.25, -0.2) is 13.8 Å². The summed E-state index contributed by atoms with van der Waals surface area (Å²) in [5.74, 6) is -1.10. The second-order valence-corrected chi connectivity index (χ2v) is 5.23. The minimum absolute atomic E-state index is 0.435. The lowest BCUT2D eigenvalue weighted by atomic mass is 9.97. The molecule has 0 atom stereocenters. The Balaban J connectivity index is 1.91. The summed E-state index contributed by atoms with van der Waals surface area (Å²) in [6.45, 7) is 0.965. The van der Waals surface area contributed by atoms with E-state index in [1.165, 1.54) is 5.56 Å². The Morgan fingerprint density at radius 2 is 1.95 bits per heavy atom. The highest BCUT2D eigenvalue weighted by molar-refractivity contribution is 5.81. The van der Waals surface area contributed by atoms with Crippen LogP contribution in [0.5, 0.6) is 0 Å². The van der Waals surface area contributed by atoms with Crippen LogP contribution < -0.4 is 5.32 Å². The van der Waals surface area contributed by atoms with Crippen molar-refractivity contribution in [2.45, 2.75) is 12.8 Å². The fraction of sp³-hybridized carbons (Fsp3) is 0.188. The van der Waals surface area contributed by atoms with Gasteiger partial charge < -0.3 is 10.3 Å². The molecule has 0 amide bonds. The smallest absolute Gasteiger partial charge is 0.161 e. The van der Waals surface area contributed by atoms with Crippen LogP contribution in [0.1, 0.15) is 12.0 Å². The molecule has 0 fully saturated rings. The molecule has 2 heterocycles. The number of nitrogens with zero attached hydrogens (tertiary/aromatic N) is 1. The molecule has 4 rings (SSSR count). The van der Waals surface area contributed by atoms with Gasteiger partial charge in [0.25, 0.3) is 0 Å². The maximum Gasteiger partial charge on any atom is 0.161 e. The number of anilines is 1. The fourth-order valence-electron chi connectivity index (χ4n) is 2.86. The molecule has 0 saturated carbocycles. The van der Waals surface area contributed by atoms with Crippen LogP contribution in [0.15, 0.2) is 30.3 Å². The Kier molecular flexibility index (Phi) is 2.67. The summed E-state index contributed by atoms with van der Waals surface area (Å²) in [6.07, 6.45) is 2.03. The molecule has 106 valence electrons. The van der Waals surface area contributed by atoms with E-state index in [-0.39, 0.29) is 0 Å². The highest BCUT2D eigenvalue weighted by atomic mass is 19.2. The SMILES string of the molecule is Fc1cc2nc(-c3cccc4c3CCCN4)[nH]c2cc1F. The number of aromatic amines is 1. The molecule has 0 radical (unpaired) electrons. The molecule has 0 spiro atoms. The second-order valence-electron chi connectivity index (χ2n) is 5.23. The van der Waals surface area contributed by atoms with Gasteiger partial charge in [-0.3, -0.25) is 0 Å². The van der Waals surface area contributed by atoms with Crippen molar-refractivity contribution in [2.24, 2.45) is 0 Å². The zero-order valence-corrected chi connectivity index (χ0v) is 11.2. The molecule has 1 aliphatic rings. The summed E-state index contributed by atoms with van der Waals surface area (Å²) in [7, 11) is 0. The van der Waals surface area contributed by atoms with E-state index in [1.807, 2.05) is 18.2 Å². The topological polar surface area (TPSA) is 40.7 Å². The Morgan fingerprint density at radius 3 is 2.86 bits per heavy atom. The van der Waals surface area contributed by atoms with Crippen molar-refractivity contribution in [2.75, 3.05) is 11.9 Å². The van der Waals surface area contributed by atoms with E-state index in [2.05, 4.69) is 15.3 Å². The predicted octanol–water partition coefficient (Wildman–Crippen LogP) is 3.87. The van der Waals surface area contributed by atoms with Crippen molar-refractivity contribution in [3.63, 3.8) is 0 Å². The molecule has 5 heteroatoms. The standard InChI is InChI=1S/C16H13F2N3/c17-11-7-14-15(8-12(11)18)21-16(20-14)10-3-1-5-13-9(10)4-2-6-19-13/h1,3,5,7-8,19H,2,4,6H2,(H,20,21). The number of hydrogen-bond acceptors (Lipinski definition) is 2. The Bertz CT molecular complexity index is 800. The largest absolute Gasteiger partial charge is 0.385 e. The van der Waals surface area contributed by atoms with E-state index in [0.717, 1.165) is 42.8 Å². The lowest BCUT2D eigenvalue weighted by Gasteiger charge is -2.20. The quantitative estimate of drug-likeness (QED) is 0.712. The minimum Gasteiger partial charge on any atom is -0.385 e. The number of halogens is 2. The number of imidazole rings is 1. The molecular formula is C16H13F2N3. The molecule has 3 aromatic rings. The summed E-state index contributed by atoms with van der Waals surface area (Å²) in [4.78, 5) is 7.49. The van der Waals surface area contributed by atoms with Gasteiger partial charge in [0.05, 0.1) is 11.0 Å². The first-order valence-corrected chi connectivity index (χ1v) is 6.93. The summed E-state index contributed by atoms with van der Waals surface area (Å²) < 4.78 is 26.6. The fourth-order valence-corrected chi connectivity index (χ4v) is 2.86.